The maximum atomic E-state index is 12.8. The van der Waals surface area contributed by atoms with Crippen LogP contribution in [0.1, 0.15) is 11.1 Å². The molecule has 3 aromatic rings. The number of fused-ring (bicyclic) bond motifs is 1. The van der Waals surface area contributed by atoms with Gasteiger partial charge in [0.15, 0.2) is 11.0 Å². The molecule has 28 heavy (non-hydrogen) atoms. The Bertz CT molecular complexity index is 983. The van der Waals surface area contributed by atoms with Gasteiger partial charge in [0.25, 0.3) is 0 Å². The van der Waals surface area contributed by atoms with Crippen molar-refractivity contribution in [3.63, 3.8) is 0 Å². The zero-order chi connectivity index (χ0) is 19.3. The topological polar surface area (TPSA) is 51.0 Å². The molecule has 1 aliphatic heterocycles. The van der Waals surface area contributed by atoms with E-state index in [9.17, 15) is 4.79 Å². The molecule has 0 aliphatic carbocycles. The third kappa shape index (κ3) is 3.87. The number of nitrogens with zero attached hydrogens (tertiary/aromatic N) is 4. The second-order valence-electron chi connectivity index (χ2n) is 6.69. The van der Waals surface area contributed by atoms with E-state index in [2.05, 4.69) is 35.0 Å². The quantitative estimate of drug-likeness (QED) is 0.474. The Hall–Kier alpha value is -2.86. The summed E-state index contributed by atoms with van der Waals surface area (Å²) in [4.78, 5) is 14.7. The molecule has 0 atom stereocenters. The molecule has 4 rings (SSSR count). The Morgan fingerprint density at radius 2 is 1.82 bits per heavy atom. The smallest absolute Gasteiger partial charge is 0.233 e. The predicted molar refractivity (Wildman–Crippen MR) is 112 cm³/mol. The van der Waals surface area contributed by atoms with Crippen LogP contribution < -0.4 is 0 Å². The van der Waals surface area contributed by atoms with Gasteiger partial charge in [-0.2, -0.15) is 0 Å². The molecule has 6 heteroatoms. The van der Waals surface area contributed by atoms with Crippen LogP contribution in [0.3, 0.4) is 0 Å². The molecule has 0 N–H and O–H groups in total. The maximum absolute atomic E-state index is 12.8. The predicted octanol–water partition coefficient (Wildman–Crippen LogP) is 3.81. The van der Waals surface area contributed by atoms with Crippen molar-refractivity contribution in [1.82, 2.24) is 19.7 Å². The largest absolute Gasteiger partial charge is 0.337 e. The van der Waals surface area contributed by atoms with Crippen LogP contribution in [0.15, 0.2) is 72.4 Å². The summed E-state index contributed by atoms with van der Waals surface area (Å²) in [6, 6.07) is 18.3. The van der Waals surface area contributed by atoms with Gasteiger partial charge >= 0.3 is 0 Å². The lowest BCUT2D eigenvalue weighted by molar-refractivity contribution is -0.129. The van der Waals surface area contributed by atoms with Crippen LogP contribution in [0.25, 0.3) is 11.4 Å². The summed E-state index contributed by atoms with van der Waals surface area (Å²) in [6.45, 7) is 5.90. The summed E-state index contributed by atoms with van der Waals surface area (Å²) in [5.74, 6) is 1.28. The van der Waals surface area contributed by atoms with Gasteiger partial charge in [0.2, 0.25) is 5.91 Å². The van der Waals surface area contributed by atoms with Crippen LogP contribution in [0.2, 0.25) is 0 Å². The highest BCUT2D eigenvalue weighted by molar-refractivity contribution is 7.99. The molecule has 142 valence electrons. The fourth-order valence-corrected chi connectivity index (χ4v) is 4.27. The molecule has 0 spiro atoms. The summed E-state index contributed by atoms with van der Waals surface area (Å²) in [5, 5.41) is 9.41. The molecule has 0 unspecified atom stereocenters. The molecule has 0 bridgehead atoms. The molecule has 5 nitrogen and oxygen atoms in total. The number of hydrogen-bond acceptors (Lipinski definition) is 4. The number of carbonyl (C=O) groups is 1. The van der Waals surface area contributed by atoms with E-state index in [0.29, 0.717) is 18.8 Å². The van der Waals surface area contributed by atoms with Crippen molar-refractivity contribution < 1.29 is 4.79 Å². The van der Waals surface area contributed by atoms with Crippen LogP contribution in [0.4, 0.5) is 0 Å². The van der Waals surface area contributed by atoms with Gasteiger partial charge in [-0.1, -0.05) is 72.4 Å². The second-order valence-corrected chi connectivity index (χ2v) is 7.64. The molecule has 2 aromatic carbocycles. The van der Waals surface area contributed by atoms with Gasteiger partial charge in [-0.3, -0.25) is 9.36 Å². The minimum absolute atomic E-state index is 0.133. The molecule has 1 aromatic heterocycles. The monoisotopic (exact) mass is 390 g/mol. The molecule has 1 amide bonds. The van der Waals surface area contributed by atoms with Crippen LogP contribution in [0.5, 0.6) is 0 Å². The molecular formula is C22H22N4OS. The first kappa shape index (κ1) is 18.5. The highest BCUT2D eigenvalue weighted by atomic mass is 32.2. The standard InChI is InChI=1S/C22H22N4OS/c1-2-13-26-21(18-9-4-3-5-10-18)23-24-22(26)28-16-20(27)25-14-12-17-8-6-7-11-19(17)15-25/h2-11H,1,12-16H2. The number of aromatic nitrogens is 3. The van der Waals surface area contributed by atoms with Gasteiger partial charge in [0.1, 0.15) is 0 Å². The van der Waals surface area contributed by atoms with Crippen molar-refractivity contribution in [2.24, 2.45) is 0 Å². The Balaban J connectivity index is 1.46. The van der Waals surface area contributed by atoms with Crippen molar-refractivity contribution in [2.45, 2.75) is 24.7 Å². The molecular weight excluding hydrogens is 368 g/mol. The number of amides is 1. The van der Waals surface area contributed by atoms with Crippen LogP contribution in [0, 0.1) is 0 Å². The van der Waals surface area contributed by atoms with Crippen molar-refractivity contribution in [3.05, 3.63) is 78.4 Å². The summed E-state index contributed by atoms with van der Waals surface area (Å²) in [5.41, 5.74) is 3.59. The molecule has 1 aliphatic rings. The number of hydrogen-bond donors (Lipinski definition) is 0. The Morgan fingerprint density at radius 3 is 2.61 bits per heavy atom. The van der Waals surface area contributed by atoms with Crippen LogP contribution in [-0.2, 0) is 24.3 Å². The lowest BCUT2D eigenvalue weighted by Crippen LogP contribution is -2.37. The molecule has 0 fully saturated rings. The Kier molecular flexibility index (Phi) is 5.58. The van der Waals surface area contributed by atoms with Crippen molar-refractivity contribution in [2.75, 3.05) is 12.3 Å². The number of allylic oxidation sites excluding steroid dienone is 1. The van der Waals surface area contributed by atoms with E-state index in [1.807, 2.05) is 51.9 Å². The van der Waals surface area contributed by atoms with Crippen LogP contribution >= 0.6 is 11.8 Å². The number of rotatable bonds is 6. The first-order chi connectivity index (χ1) is 13.8. The van der Waals surface area contributed by atoms with E-state index < -0.39 is 0 Å². The maximum Gasteiger partial charge on any atom is 0.233 e. The average Bonchev–Trinajstić information content (AvgIpc) is 3.15. The summed E-state index contributed by atoms with van der Waals surface area (Å²) >= 11 is 1.44. The normalized spacial score (nSPS) is 13.2. The van der Waals surface area contributed by atoms with Crippen molar-refractivity contribution in [1.29, 1.82) is 0 Å². The van der Waals surface area contributed by atoms with E-state index in [-0.39, 0.29) is 5.91 Å². The fraction of sp³-hybridized carbons (Fsp3) is 0.227. The van der Waals surface area contributed by atoms with Gasteiger partial charge in [0, 0.05) is 25.2 Å². The zero-order valence-corrected chi connectivity index (χ0v) is 16.4. The van der Waals surface area contributed by atoms with Crippen molar-refractivity contribution in [3.8, 4) is 11.4 Å². The van der Waals surface area contributed by atoms with Gasteiger partial charge < -0.3 is 4.90 Å². The third-order valence-electron chi connectivity index (χ3n) is 4.87. The highest BCUT2D eigenvalue weighted by Crippen LogP contribution is 2.25. The Labute approximate surface area is 169 Å². The SMILES string of the molecule is C=CCn1c(SCC(=O)N2CCc3ccccc3C2)nnc1-c1ccccc1. The average molecular weight is 391 g/mol. The fourth-order valence-electron chi connectivity index (χ4n) is 3.42. The van der Waals surface area contributed by atoms with Gasteiger partial charge in [0.05, 0.1) is 5.75 Å². The van der Waals surface area contributed by atoms with Gasteiger partial charge in [-0.05, 0) is 17.5 Å². The number of benzene rings is 2. The molecule has 2 heterocycles. The van der Waals surface area contributed by atoms with E-state index in [0.717, 1.165) is 29.5 Å². The first-order valence-electron chi connectivity index (χ1n) is 9.33. The van der Waals surface area contributed by atoms with E-state index in [1.54, 1.807) is 0 Å². The third-order valence-corrected chi connectivity index (χ3v) is 5.82. The van der Waals surface area contributed by atoms with Crippen LogP contribution in [-0.4, -0.2) is 37.9 Å². The summed E-state index contributed by atoms with van der Waals surface area (Å²) in [6.07, 6.45) is 2.74. The van der Waals surface area contributed by atoms with E-state index in [4.69, 9.17) is 0 Å². The second kappa shape index (κ2) is 8.44. The molecule has 0 saturated carbocycles. The Morgan fingerprint density at radius 1 is 1.07 bits per heavy atom. The minimum Gasteiger partial charge on any atom is -0.337 e. The first-order valence-corrected chi connectivity index (χ1v) is 10.3. The minimum atomic E-state index is 0.133. The van der Waals surface area contributed by atoms with Crippen molar-refractivity contribution >= 4 is 17.7 Å². The number of carbonyl (C=O) groups excluding carboxylic acids is 1. The van der Waals surface area contributed by atoms with E-state index >= 15 is 0 Å². The molecule has 0 radical (unpaired) electrons. The lowest BCUT2D eigenvalue weighted by Gasteiger charge is -2.28. The molecule has 0 saturated heterocycles. The number of thioether (sulfide) groups is 1. The summed E-state index contributed by atoms with van der Waals surface area (Å²) in [7, 11) is 0. The van der Waals surface area contributed by atoms with Gasteiger partial charge in [-0.15, -0.1) is 16.8 Å². The lowest BCUT2D eigenvalue weighted by atomic mass is 10.00. The van der Waals surface area contributed by atoms with E-state index in [1.165, 1.54) is 22.9 Å². The highest BCUT2D eigenvalue weighted by Gasteiger charge is 2.21. The summed E-state index contributed by atoms with van der Waals surface area (Å²) < 4.78 is 2.01. The zero-order valence-electron chi connectivity index (χ0n) is 15.6. The van der Waals surface area contributed by atoms with Gasteiger partial charge in [-0.25, -0.2) is 0 Å².